The molecule has 94 valence electrons. The molecule has 0 spiro atoms. The second kappa shape index (κ2) is 4.78. The molecule has 3 nitrogen and oxygen atoms in total. The number of carbonyl (C=O) groups is 1. The van der Waals surface area contributed by atoms with E-state index in [0.717, 1.165) is 5.56 Å². The minimum absolute atomic E-state index is 0.256. The van der Waals surface area contributed by atoms with E-state index in [1.807, 2.05) is 30.3 Å². The lowest BCUT2D eigenvalue weighted by Crippen LogP contribution is -2.23. The lowest BCUT2D eigenvalue weighted by molar-refractivity contribution is -0.115. The van der Waals surface area contributed by atoms with Crippen molar-refractivity contribution in [2.24, 2.45) is 0 Å². The molecule has 2 aromatic rings. The van der Waals surface area contributed by atoms with E-state index in [9.17, 15) is 4.79 Å². The lowest BCUT2D eigenvalue weighted by atomic mass is 10.2. The summed E-state index contributed by atoms with van der Waals surface area (Å²) in [6.45, 7) is 0. The second-order valence-corrected chi connectivity index (χ2v) is 4.55. The zero-order valence-corrected chi connectivity index (χ0v) is 10.6. The van der Waals surface area contributed by atoms with Gasteiger partial charge in [0, 0.05) is 5.02 Å². The fourth-order valence-corrected chi connectivity index (χ4v) is 1.94. The highest BCUT2D eigenvalue weighted by molar-refractivity contribution is 6.30. The summed E-state index contributed by atoms with van der Waals surface area (Å²) < 4.78 is 5.59. The maximum atomic E-state index is 11.9. The van der Waals surface area contributed by atoms with Gasteiger partial charge >= 0.3 is 0 Å². The Morgan fingerprint density at radius 3 is 2.58 bits per heavy atom. The zero-order chi connectivity index (χ0) is 13.2. The summed E-state index contributed by atoms with van der Waals surface area (Å²) in [6.07, 6.45) is 1.68. The summed E-state index contributed by atoms with van der Waals surface area (Å²) in [5.74, 6) is 0.650. The Bertz CT molecular complexity index is 662. The number of hydrogen-bond donors (Lipinski definition) is 1. The van der Waals surface area contributed by atoms with E-state index >= 15 is 0 Å². The van der Waals surface area contributed by atoms with E-state index in [0.29, 0.717) is 16.5 Å². The fraction of sp³-hybridized carbons (Fsp3) is 0. The first-order valence-electron chi connectivity index (χ1n) is 5.78. The van der Waals surface area contributed by atoms with Crippen molar-refractivity contribution < 1.29 is 9.53 Å². The Hall–Kier alpha value is -2.26. The monoisotopic (exact) mass is 271 g/mol. The number of rotatable bonds is 1. The first-order chi connectivity index (χ1) is 9.22. The number of hydrogen-bond acceptors (Lipinski definition) is 2. The fourth-order valence-electron chi connectivity index (χ4n) is 1.81. The average Bonchev–Trinajstić information content (AvgIpc) is 2.42. The number of benzene rings is 2. The number of ether oxygens (including phenoxy) is 1. The summed E-state index contributed by atoms with van der Waals surface area (Å²) in [5.41, 5.74) is 1.54. The van der Waals surface area contributed by atoms with Gasteiger partial charge < -0.3 is 10.1 Å². The van der Waals surface area contributed by atoms with E-state index in [2.05, 4.69) is 5.32 Å². The van der Waals surface area contributed by atoms with Crippen LogP contribution in [0, 0.1) is 0 Å². The Labute approximate surface area is 115 Å². The first kappa shape index (κ1) is 11.8. The molecule has 1 N–H and O–H groups in total. The van der Waals surface area contributed by atoms with E-state index < -0.39 is 0 Å². The number of amides is 1. The number of nitrogens with one attached hydrogen (secondary N) is 1. The number of anilines is 1. The second-order valence-electron chi connectivity index (χ2n) is 4.11. The molecular weight excluding hydrogens is 262 g/mol. The SMILES string of the molecule is O=C1Nc2ccccc2OC1=Cc1ccc(Cl)cc1. The molecular formula is C15H10ClNO2. The Morgan fingerprint density at radius 2 is 1.79 bits per heavy atom. The van der Waals surface area contributed by atoms with Crippen LogP contribution in [0.4, 0.5) is 5.69 Å². The number of halogens is 1. The molecule has 0 aromatic heterocycles. The van der Waals surface area contributed by atoms with Gasteiger partial charge in [0.2, 0.25) is 0 Å². The van der Waals surface area contributed by atoms with Gasteiger partial charge in [-0.15, -0.1) is 0 Å². The third kappa shape index (κ3) is 2.46. The molecule has 0 atom stereocenters. The standard InChI is InChI=1S/C15H10ClNO2/c16-11-7-5-10(6-8-11)9-14-15(18)17-12-3-1-2-4-13(12)19-14/h1-9H,(H,17,18). The molecule has 0 bridgehead atoms. The highest BCUT2D eigenvalue weighted by atomic mass is 35.5. The van der Waals surface area contributed by atoms with Crippen LogP contribution in [0.2, 0.25) is 5.02 Å². The van der Waals surface area contributed by atoms with Gasteiger partial charge in [-0.05, 0) is 35.9 Å². The quantitative estimate of drug-likeness (QED) is 0.803. The molecule has 0 saturated heterocycles. The van der Waals surface area contributed by atoms with Gasteiger partial charge in [-0.25, -0.2) is 0 Å². The molecule has 0 fully saturated rings. The van der Waals surface area contributed by atoms with E-state index in [1.54, 1.807) is 24.3 Å². The molecule has 2 aromatic carbocycles. The third-order valence-electron chi connectivity index (χ3n) is 2.75. The number of carbonyl (C=O) groups excluding carboxylic acids is 1. The third-order valence-corrected chi connectivity index (χ3v) is 3.00. The highest BCUT2D eigenvalue weighted by Gasteiger charge is 2.21. The van der Waals surface area contributed by atoms with Crippen molar-refractivity contribution in [3.63, 3.8) is 0 Å². The topological polar surface area (TPSA) is 38.3 Å². The Balaban J connectivity index is 1.94. The van der Waals surface area contributed by atoms with Crippen LogP contribution in [0.15, 0.2) is 54.3 Å². The van der Waals surface area contributed by atoms with Crippen molar-refractivity contribution in [2.45, 2.75) is 0 Å². The maximum absolute atomic E-state index is 11.9. The van der Waals surface area contributed by atoms with E-state index in [-0.39, 0.29) is 11.7 Å². The van der Waals surface area contributed by atoms with Gasteiger partial charge in [-0.1, -0.05) is 35.9 Å². The minimum Gasteiger partial charge on any atom is -0.449 e. The summed E-state index contributed by atoms with van der Waals surface area (Å²) >= 11 is 5.82. The van der Waals surface area contributed by atoms with Gasteiger partial charge in [0.15, 0.2) is 11.5 Å². The van der Waals surface area contributed by atoms with Crippen LogP contribution in [-0.2, 0) is 4.79 Å². The van der Waals surface area contributed by atoms with Crippen LogP contribution in [0.5, 0.6) is 5.75 Å². The van der Waals surface area contributed by atoms with Gasteiger partial charge in [-0.2, -0.15) is 0 Å². The highest BCUT2D eigenvalue weighted by Crippen LogP contribution is 2.30. The predicted molar refractivity (Wildman–Crippen MR) is 75.1 cm³/mol. The van der Waals surface area contributed by atoms with Gasteiger partial charge in [-0.3, -0.25) is 4.79 Å². The van der Waals surface area contributed by atoms with Gasteiger partial charge in [0.25, 0.3) is 5.91 Å². The predicted octanol–water partition coefficient (Wildman–Crippen LogP) is 3.71. The van der Waals surface area contributed by atoms with Crippen LogP contribution in [0.1, 0.15) is 5.56 Å². The molecule has 4 heteroatoms. The van der Waals surface area contributed by atoms with Gasteiger partial charge in [0.05, 0.1) is 5.69 Å². The van der Waals surface area contributed by atoms with E-state index in [1.165, 1.54) is 0 Å². The normalized spacial score (nSPS) is 15.6. The number of fused-ring (bicyclic) bond motifs is 1. The summed E-state index contributed by atoms with van der Waals surface area (Å²) in [6, 6.07) is 14.5. The van der Waals surface area contributed by atoms with Crippen LogP contribution in [0.3, 0.4) is 0 Å². The van der Waals surface area contributed by atoms with Crippen LogP contribution in [-0.4, -0.2) is 5.91 Å². The minimum atomic E-state index is -0.256. The molecule has 1 amide bonds. The summed E-state index contributed by atoms with van der Waals surface area (Å²) in [7, 11) is 0. The van der Waals surface area contributed by atoms with Gasteiger partial charge in [0.1, 0.15) is 0 Å². The van der Waals surface area contributed by atoms with Crippen molar-refractivity contribution in [1.29, 1.82) is 0 Å². The molecule has 0 saturated carbocycles. The molecule has 0 radical (unpaired) electrons. The van der Waals surface area contributed by atoms with Crippen molar-refractivity contribution in [3.05, 3.63) is 64.9 Å². The molecule has 0 aliphatic carbocycles. The molecule has 1 aliphatic heterocycles. The van der Waals surface area contributed by atoms with Crippen molar-refractivity contribution in [3.8, 4) is 5.75 Å². The summed E-state index contributed by atoms with van der Waals surface area (Å²) in [4.78, 5) is 11.9. The molecule has 0 unspecified atom stereocenters. The smallest absolute Gasteiger partial charge is 0.291 e. The first-order valence-corrected chi connectivity index (χ1v) is 6.16. The molecule has 1 aliphatic rings. The van der Waals surface area contributed by atoms with Crippen LogP contribution < -0.4 is 10.1 Å². The number of para-hydroxylation sites is 2. The van der Waals surface area contributed by atoms with Crippen molar-refractivity contribution in [2.75, 3.05) is 5.32 Å². The Kier molecular flexibility index (Phi) is 2.97. The zero-order valence-electron chi connectivity index (χ0n) is 9.89. The average molecular weight is 272 g/mol. The van der Waals surface area contributed by atoms with Crippen LogP contribution in [0.25, 0.3) is 6.08 Å². The lowest BCUT2D eigenvalue weighted by Gasteiger charge is -2.19. The largest absolute Gasteiger partial charge is 0.449 e. The maximum Gasteiger partial charge on any atom is 0.291 e. The van der Waals surface area contributed by atoms with Crippen molar-refractivity contribution in [1.82, 2.24) is 0 Å². The molecule has 1 heterocycles. The molecule has 3 rings (SSSR count). The van der Waals surface area contributed by atoms with E-state index in [4.69, 9.17) is 16.3 Å². The summed E-state index contributed by atoms with van der Waals surface area (Å²) in [5, 5.41) is 3.44. The van der Waals surface area contributed by atoms with Crippen LogP contribution >= 0.6 is 11.6 Å². The van der Waals surface area contributed by atoms with Crippen molar-refractivity contribution >= 4 is 29.3 Å². The Morgan fingerprint density at radius 1 is 1.05 bits per heavy atom. The molecule has 19 heavy (non-hydrogen) atoms.